The van der Waals surface area contributed by atoms with Gasteiger partial charge in [0.25, 0.3) is 0 Å². The number of esters is 2. The first kappa shape index (κ1) is 23.4. The largest absolute Gasteiger partial charge is 0.458 e. The van der Waals surface area contributed by atoms with Gasteiger partial charge in [-0.15, -0.1) is 0 Å². The molecule has 7 nitrogen and oxygen atoms in total. The number of hydrogen-bond acceptors (Lipinski definition) is 7. The molecule has 0 bridgehead atoms. The van der Waals surface area contributed by atoms with Gasteiger partial charge in [-0.25, -0.2) is 4.39 Å². The van der Waals surface area contributed by atoms with Gasteiger partial charge in [0, 0.05) is 30.6 Å². The molecule has 4 fully saturated rings. The van der Waals surface area contributed by atoms with E-state index in [-0.39, 0.29) is 36.1 Å². The molecular weight excluding hydrogens is 443 g/mol. The number of carbonyl (C=O) groups excluding carboxylic acids is 4. The maximum Gasteiger partial charge on any atom is 0.303 e. The lowest BCUT2D eigenvalue weighted by Gasteiger charge is -2.56. The molecule has 5 rings (SSSR count). The Morgan fingerprint density at radius 2 is 1.85 bits per heavy atom. The number of rotatable bonds is 4. The van der Waals surface area contributed by atoms with E-state index in [1.807, 2.05) is 20.8 Å². The molecule has 1 heterocycles. The van der Waals surface area contributed by atoms with Gasteiger partial charge < -0.3 is 14.2 Å². The summed E-state index contributed by atoms with van der Waals surface area (Å²) in [4.78, 5) is 49.4. The topological polar surface area (TPSA) is 99.3 Å². The zero-order chi connectivity index (χ0) is 24.8. The molecule has 0 amide bonds. The molecule has 5 aliphatic rings. The summed E-state index contributed by atoms with van der Waals surface area (Å²) in [5.41, 5.74) is -3.28. The van der Waals surface area contributed by atoms with Crippen LogP contribution < -0.4 is 0 Å². The highest BCUT2D eigenvalue weighted by atomic mass is 19.1. The first-order valence-corrected chi connectivity index (χ1v) is 12.0. The van der Waals surface area contributed by atoms with Crippen molar-refractivity contribution in [2.75, 3.05) is 6.61 Å². The zero-order valence-corrected chi connectivity index (χ0v) is 20.2. The maximum absolute atomic E-state index is 15.6. The molecule has 9 atom stereocenters. The number of ketones is 2. The lowest BCUT2D eigenvalue weighted by Crippen LogP contribution is -2.64. The Morgan fingerprint density at radius 1 is 1.15 bits per heavy atom. The third-order valence-corrected chi connectivity index (χ3v) is 9.59. The molecule has 1 aliphatic heterocycles. The van der Waals surface area contributed by atoms with Gasteiger partial charge in [0.2, 0.25) is 5.78 Å². The van der Waals surface area contributed by atoms with Gasteiger partial charge in [0.1, 0.15) is 11.8 Å². The second kappa shape index (κ2) is 7.09. The Morgan fingerprint density at radius 3 is 2.50 bits per heavy atom. The van der Waals surface area contributed by atoms with Crippen molar-refractivity contribution in [3.05, 3.63) is 23.8 Å². The number of hydrogen-bond donors (Lipinski definition) is 0. The Bertz CT molecular complexity index is 1060. The van der Waals surface area contributed by atoms with Gasteiger partial charge in [0.05, 0.1) is 6.10 Å². The van der Waals surface area contributed by atoms with Crippen molar-refractivity contribution in [1.29, 1.82) is 0 Å². The molecule has 1 unspecified atom stereocenters. The fraction of sp³-hybridized carbons (Fsp3) is 0.692. The molecule has 184 valence electrons. The Balaban J connectivity index is 1.59. The van der Waals surface area contributed by atoms with E-state index >= 15 is 4.39 Å². The number of fused-ring (bicyclic) bond motifs is 3. The van der Waals surface area contributed by atoms with Crippen molar-refractivity contribution >= 4 is 23.5 Å². The van der Waals surface area contributed by atoms with E-state index < -0.39 is 52.5 Å². The predicted molar refractivity (Wildman–Crippen MR) is 117 cm³/mol. The molecule has 1 saturated heterocycles. The van der Waals surface area contributed by atoms with Gasteiger partial charge in [0.15, 0.2) is 18.0 Å². The van der Waals surface area contributed by atoms with E-state index in [9.17, 15) is 19.2 Å². The van der Waals surface area contributed by atoms with Crippen LogP contribution in [0.15, 0.2) is 23.8 Å². The Labute approximate surface area is 198 Å². The average Bonchev–Trinajstić information content (AvgIpc) is 3.42. The minimum Gasteiger partial charge on any atom is -0.458 e. The molecule has 8 heteroatoms. The number of ether oxygens (including phenoxy) is 3. The SMILES string of the molecule is CC(=O)OCC(=O)[C@@]1(OC(C)=O)[C@@H](C)C[C@H]2[C@@H]3CC(F)C4=CC(=O)C=C[C@]4(C)[C@@]34O[C@H]4C[C@@]21C. The molecule has 1 spiro atoms. The molecule has 4 aliphatic carbocycles. The van der Waals surface area contributed by atoms with Gasteiger partial charge in [-0.2, -0.15) is 0 Å². The normalized spacial score (nSPS) is 48.0. The molecule has 0 aromatic carbocycles. The van der Waals surface area contributed by atoms with Crippen LogP contribution in [0.25, 0.3) is 0 Å². The Kier molecular flexibility index (Phi) is 4.88. The molecule has 34 heavy (non-hydrogen) atoms. The van der Waals surface area contributed by atoms with Crippen LogP contribution in [0.1, 0.15) is 53.9 Å². The van der Waals surface area contributed by atoms with Gasteiger partial charge in [-0.1, -0.05) is 19.9 Å². The highest BCUT2D eigenvalue weighted by molar-refractivity contribution is 6.01. The minimum absolute atomic E-state index is 0.162. The molecule has 3 saturated carbocycles. The molecule has 0 aromatic heterocycles. The van der Waals surface area contributed by atoms with Crippen molar-refractivity contribution in [2.24, 2.45) is 28.6 Å². The van der Waals surface area contributed by atoms with Crippen molar-refractivity contribution in [3.8, 4) is 0 Å². The van der Waals surface area contributed by atoms with Crippen LogP contribution in [0.4, 0.5) is 4.39 Å². The van der Waals surface area contributed by atoms with Crippen molar-refractivity contribution < 1.29 is 37.8 Å². The van der Waals surface area contributed by atoms with Crippen LogP contribution in [0, 0.1) is 28.6 Å². The van der Waals surface area contributed by atoms with Gasteiger partial charge >= 0.3 is 11.9 Å². The molecular formula is C26H31FO7. The van der Waals surface area contributed by atoms with Gasteiger partial charge in [-0.3, -0.25) is 19.2 Å². The first-order valence-electron chi connectivity index (χ1n) is 12.0. The van der Waals surface area contributed by atoms with Gasteiger partial charge in [-0.05, 0) is 55.7 Å². The van der Waals surface area contributed by atoms with Crippen LogP contribution in [0.5, 0.6) is 0 Å². The fourth-order valence-electron chi connectivity index (χ4n) is 8.33. The van der Waals surface area contributed by atoms with E-state index in [1.165, 1.54) is 26.0 Å². The zero-order valence-electron chi connectivity index (χ0n) is 20.2. The number of Topliss-reactive ketones (excluding diaryl/α,β-unsaturated/α-hetero) is 1. The molecule has 0 aromatic rings. The highest BCUT2D eigenvalue weighted by Crippen LogP contribution is 2.77. The van der Waals surface area contributed by atoms with Crippen molar-refractivity contribution in [1.82, 2.24) is 0 Å². The standard InChI is InChI=1S/C26H31FO7/c1-13-8-17-18-10-20(27)19-9-16(30)6-7-23(19,4)26(18)22(34-26)11-24(17,5)25(13,33-15(3)29)21(31)12-32-14(2)28/h6-7,9,13,17-18,20,22H,8,10-12H2,1-5H3/t13-,17-,18-,20?,22-,23-,24-,25-,26+/m0/s1. The lowest BCUT2D eigenvalue weighted by atomic mass is 9.46. The quantitative estimate of drug-likeness (QED) is 0.456. The van der Waals surface area contributed by atoms with Crippen LogP contribution in [0.2, 0.25) is 0 Å². The minimum atomic E-state index is -1.50. The van der Waals surface area contributed by atoms with Crippen LogP contribution in [-0.2, 0) is 33.4 Å². The number of epoxide rings is 1. The highest BCUT2D eigenvalue weighted by Gasteiger charge is 2.83. The van der Waals surface area contributed by atoms with Crippen molar-refractivity contribution in [3.63, 3.8) is 0 Å². The summed E-state index contributed by atoms with van der Waals surface area (Å²) in [5, 5.41) is 0. The number of allylic oxidation sites excluding steroid dienone is 2. The summed E-state index contributed by atoms with van der Waals surface area (Å²) < 4.78 is 33.0. The monoisotopic (exact) mass is 474 g/mol. The molecule has 0 radical (unpaired) electrons. The van der Waals surface area contributed by atoms with E-state index in [4.69, 9.17) is 14.2 Å². The average molecular weight is 475 g/mol. The number of carbonyl (C=O) groups is 4. The second-order valence-electron chi connectivity index (χ2n) is 11.1. The smallest absolute Gasteiger partial charge is 0.303 e. The molecule has 0 N–H and O–H groups in total. The van der Waals surface area contributed by atoms with E-state index in [0.29, 0.717) is 18.4 Å². The summed E-state index contributed by atoms with van der Waals surface area (Å²) >= 11 is 0. The Hall–Kier alpha value is -2.35. The first-order chi connectivity index (χ1) is 15.8. The summed E-state index contributed by atoms with van der Waals surface area (Å²) in [7, 11) is 0. The summed E-state index contributed by atoms with van der Waals surface area (Å²) in [5.74, 6) is -2.59. The van der Waals surface area contributed by atoms with Crippen molar-refractivity contribution in [2.45, 2.75) is 77.4 Å². The summed E-state index contributed by atoms with van der Waals surface area (Å²) in [6, 6.07) is 0. The number of halogens is 1. The fourth-order valence-corrected chi connectivity index (χ4v) is 8.33. The summed E-state index contributed by atoms with van der Waals surface area (Å²) in [6.45, 7) is 7.75. The van der Waals surface area contributed by atoms with Crippen LogP contribution in [0.3, 0.4) is 0 Å². The lowest BCUT2D eigenvalue weighted by molar-refractivity contribution is -0.193. The third kappa shape index (κ3) is 2.66. The van der Waals surface area contributed by atoms with E-state index in [1.54, 1.807) is 6.08 Å². The summed E-state index contributed by atoms with van der Waals surface area (Å²) in [6.07, 6.45) is 4.27. The van der Waals surface area contributed by atoms with E-state index in [0.717, 1.165) is 0 Å². The number of alkyl halides is 1. The second-order valence-corrected chi connectivity index (χ2v) is 11.1. The van der Waals surface area contributed by atoms with E-state index in [2.05, 4.69) is 0 Å². The van der Waals surface area contributed by atoms with Crippen LogP contribution >= 0.6 is 0 Å². The third-order valence-electron chi connectivity index (χ3n) is 9.59. The van der Waals surface area contributed by atoms with Crippen LogP contribution in [-0.4, -0.2) is 53.6 Å². The predicted octanol–water partition coefficient (Wildman–Crippen LogP) is 3.05. The maximum atomic E-state index is 15.6.